The summed E-state index contributed by atoms with van der Waals surface area (Å²) >= 11 is 0. The van der Waals surface area contributed by atoms with E-state index in [-0.39, 0.29) is 0 Å². The lowest BCUT2D eigenvalue weighted by Gasteiger charge is -2.18. The van der Waals surface area contributed by atoms with Crippen molar-refractivity contribution in [1.82, 2.24) is 15.5 Å². The number of rotatable bonds is 4. The maximum Gasteiger partial charge on any atom is 0.0959 e. The van der Waals surface area contributed by atoms with Crippen molar-refractivity contribution in [2.45, 2.75) is 6.17 Å². The van der Waals surface area contributed by atoms with Gasteiger partial charge in [-0.3, -0.25) is 5.32 Å². The van der Waals surface area contributed by atoms with Crippen LogP contribution in [0.5, 0.6) is 0 Å². The molecule has 0 aromatic heterocycles. The van der Waals surface area contributed by atoms with Gasteiger partial charge in [0, 0.05) is 13.1 Å². The van der Waals surface area contributed by atoms with Crippen molar-refractivity contribution in [3.05, 3.63) is 24.4 Å². The number of dihydropyridines is 1. The monoisotopic (exact) mass is 167 g/mol. The minimum absolute atomic E-state index is 0.301. The third-order valence-corrected chi connectivity index (χ3v) is 1.71. The second-order valence-electron chi connectivity index (χ2n) is 3.15. The van der Waals surface area contributed by atoms with Gasteiger partial charge in [-0.2, -0.15) is 0 Å². The van der Waals surface area contributed by atoms with E-state index in [1.165, 1.54) is 0 Å². The lowest BCUT2D eigenvalue weighted by molar-refractivity contribution is 0.387. The van der Waals surface area contributed by atoms with Crippen LogP contribution in [0, 0.1) is 0 Å². The summed E-state index contributed by atoms with van der Waals surface area (Å²) in [5, 5.41) is 6.56. The molecule has 3 heteroatoms. The average molecular weight is 167 g/mol. The molecule has 0 amide bonds. The second kappa shape index (κ2) is 4.95. The molecule has 1 unspecified atom stereocenters. The molecule has 0 aromatic carbocycles. The summed E-state index contributed by atoms with van der Waals surface area (Å²) in [6, 6.07) is 0. The Morgan fingerprint density at radius 3 is 2.83 bits per heavy atom. The summed E-state index contributed by atoms with van der Waals surface area (Å²) in [4.78, 5) is 2.16. The van der Waals surface area contributed by atoms with E-state index in [1.54, 1.807) is 0 Å². The molecule has 0 radical (unpaired) electrons. The van der Waals surface area contributed by atoms with Crippen LogP contribution in [0.2, 0.25) is 0 Å². The van der Waals surface area contributed by atoms with Crippen LogP contribution in [-0.4, -0.2) is 38.3 Å². The van der Waals surface area contributed by atoms with Gasteiger partial charge in [0.25, 0.3) is 0 Å². The smallest absolute Gasteiger partial charge is 0.0959 e. The van der Waals surface area contributed by atoms with Crippen molar-refractivity contribution in [2.75, 3.05) is 27.2 Å². The fourth-order valence-corrected chi connectivity index (χ4v) is 1.02. The van der Waals surface area contributed by atoms with E-state index in [0.29, 0.717) is 6.17 Å². The van der Waals surface area contributed by atoms with Crippen molar-refractivity contribution < 1.29 is 0 Å². The molecule has 0 aromatic rings. The summed E-state index contributed by atoms with van der Waals surface area (Å²) in [5.41, 5.74) is 0. The van der Waals surface area contributed by atoms with Crippen molar-refractivity contribution in [1.29, 1.82) is 0 Å². The summed E-state index contributed by atoms with van der Waals surface area (Å²) in [6.45, 7) is 2.07. The molecule has 1 rings (SSSR count). The van der Waals surface area contributed by atoms with Gasteiger partial charge < -0.3 is 10.2 Å². The molecule has 1 aliphatic rings. The first kappa shape index (κ1) is 9.29. The normalized spacial score (nSPS) is 21.4. The predicted molar refractivity (Wildman–Crippen MR) is 51.8 cm³/mol. The summed E-state index contributed by atoms with van der Waals surface area (Å²) in [7, 11) is 4.15. The van der Waals surface area contributed by atoms with Crippen LogP contribution in [0.3, 0.4) is 0 Å². The highest BCUT2D eigenvalue weighted by Crippen LogP contribution is 1.89. The first-order chi connectivity index (χ1) is 5.79. The van der Waals surface area contributed by atoms with Crippen LogP contribution < -0.4 is 10.6 Å². The van der Waals surface area contributed by atoms with Gasteiger partial charge in [0.05, 0.1) is 6.17 Å². The van der Waals surface area contributed by atoms with E-state index < -0.39 is 0 Å². The Hall–Kier alpha value is -0.800. The molecule has 68 valence electrons. The first-order valence-electron chi connectivity index (χ1n) is 4.26. The highest BCUT2D eigenvalue weighted by molar-refractivity contribution is 5.11. The fourth-order valence-electron chi connectivity index (χ4n) is 1.02. The maximum atomic E-state index is 3.36. The molecule has 1 heterocycles. The van der Waals surface area contributed by atoms with E-state index in [9.17, 15) is 0 Å². The van der Waals surface area contributed by atoms with Crippen LogP contribution in [0.15, 0.2) is 24.4 Å². The van der Waals surface area contributed by atoms with Crippen molar-refractivity contribution >= 4 is 0 Å². The Labute approximate surface area is 74.1 Å². The van der Waals surface area contributed by atoms with E-state index in [0.717, 1.165) is 13.1 Å². The second-order valence-corrected chi connectivity index (χ2v) is 3.15. The number of hydrogen-bond donors (Lipinski definition) is 2. The van der Waals surface area contributed by atoms with Crippen molar-refractivity contribution in [2.24, 2.45) is 0 Å². The lowest BCUT2D eigenvalue weighted by Crippen LogP contribution is -2.41. The molecule has 0 fully saturated rings. The van der Waals surface area contributed by atoms with Gasteiger partial charge in [-0.15, -0.1) is 0 Å². The SMILES string of the molecule is CN(C)CCNC1C=CC=CN1. The summed E-state index contributed by atoms with van der Waals surface area (Å²) in [5.74, 6) is 0. The number of likely N-dealkylation sites (N-methyl/N-ethyl adjacent to an activating group) is 1. The van der Waals surface area contributed by atoms with Crippen molar-refractivity contribution in [3.63, 3.8) is 0 Å². The zero-order chi connectivity index (χ0) is 8.81. The largest absolute Gasteiger partial charge is 0.372 e. The predicted octanol–water partition coefficient (Wildman–Crippen LogP) is 0.137. The molecule has 3 nitrogen and oxygen atoms in total. The molecular formula is C9H17N3. The topological polar surface area (TPSA) is 27.3 Å². The molecule has 12 heavy (non-hydrogen) atoms. The van der Waals surface area contributed by atoms with Gasteiger partial charge in [-0.1, -0.05) is 6.08 Å². The highest BCUT2D eigenvalue weighted by atomic mass is 15.1. The van der Waals surface area contributed by atoms with Crippen LogP contribution in [0.25, 0.3) is 0 Å². The van der Waals surface area contributed by atoms with Crippen LogP contribution in [0.4, 0.5) is 0 Å². The van der Waals surface area contributed by atoms with Crippen LogP contribution in [0.1, 0.15) is 0 Å². The van der Waals surface area contributed by atoms with Gasteiger partial charge in [-0.05, 0) is 32.4 Å². The Morgan fingerprint density at radius 1 is 1.42 bits per heavy atom. The molecule has 0 saturated heterocycles. The minimum atomic E-state index is 0.301. The van der Waals surface area contributed by atoms with E-state index in [4.69, 9.17) is 0 Å². The fraction of sp³-hybridized carbons (Fsp3) is 0.556. The molecule has 1 atom stereocenters. The number of nitrogens with one attached hydrogen (secondary N) is 2. The minimum Gasteiger partial charge on any atom is -0.372 e. The quantitative estimate of drug-likeness (QED) is 0.623. The van der Waals surface area contributed by atoms with Gasteiger partial charge in [-0.25, -0.2) is 0 Å². The number of hydrogen-bond acceptors (Lipinski definition) is 3. The molecule has 0 bridgehead atoms. The Morgan fingerprint density at radius 2 is 2.25 bits per heavy atom. The molecule has 0 aliphatic carbocycles. The molecule has 0 saturated carbocycles. The number of nitrogens with zero attached hydrogens (tertiary/aromatic N) is 1. The zero-order valence-electron chi connectivity index (χ0n) is 7.75. The first-order valence-corrected chi connectivity index (χ1v) is 4.26. The van der Waals surface area contributed by atoms with E-state index in [1.807, 2.05) is 18.4 Å². The number of allylic oxidation sites excluding steroid dienone is 2. The third kappa shape index (κ3) is 3.55. The Bertz CT molecular complexity index is 173. The standard InChI is InChI=1S/C9H17N3/c1-12(2)8-7-11-9-5-3-4-6-10-9/h3-6,9-11H,7-8H2,1-2H3. The lowest BCUT2D eigenvalue weighted by atomic mass is 10.3. The highest BCUT2D eigenvalue weighted by Gasteiger charge is 2.01. The molecule has 2 N–H and O–H groups in total. The van der Waals surface area contributed by atoms with Gasteiger partial charge >= 0.3 is 0 Å². The van der Waals surface area contributed by atoms with E-state index in [2.05, 4.69) is 35.7 Å². The van der Waals surface area contributed by atoms with Gasteiger partial charge in [0.15, 0.2) is 0 Å². The molecule has 1 aliphatic heterocycles. The summed E-state index contributed by atoms with van der Waals surface area (Å²) in [6.07, 6.45) is 8.40. The zero-order valence-corrected chi connectivity index (χ0v) is 7.75. The average Bonchev–Trinajstić information content (AvgIpc) is 2.05. The van der Waals surface area contributed by atoms with Gasteiger partial charge in [0.2, 0.25) is 0 Å². The van der Waals surface area contributed by atoms with E-state index >= 15 is 0 Å². The maximum absolute atomic E-state index is 3.36. The molecule has 0 spiro atoms. The molecular weight excluding hydrogens is 150 g/mol. The van der Waals surface area contributed by atoms with Gasteiger partial charge in [0.1, 0.15) is 0 Å². The Balaban J connectivity index is 2.07. The van der Waals surface area contributed by atoms with Crippen LogP contribution in [-0.2, 0) is 0 Å². The van der Waals surface area contributed by atoms with Crippen LogP contribution >= 0.6 is 0 Å². The Kier molecular flexibility index (Phi) is 3.84. The third-order valence-electron chi connectivity index (χ3n) is 1.71. The van der Waals surface area contributed by atoms with Crippen molar-refractivity contribution in [3.8, 4) is 0 Å². The summed E-state index contributed by atoms with van der Waals surface area (Å²) < 4.78 is 0.